The van der Waals surface area contributed by atoms with Crippen LogP contribution in [0.3, 0.4) is 0 Å². The molecule has 0 aliphatic carbocycles. The molecule has 0 saturated carbocycles. The standard InChI is InChI=1S/C15H19N3O3/c1-16-13-5-3-9-17(11-13)15(19)8-7-12-4-2-6-14(10-12)18(20)21/h2,4,6-8,10,13,16H,3,5,9,11H2,1H3. The van der Waals surface area contributed by atoms with Gasteiger partial charge in [0.25, 0.3) is 5.69 Å². The minimum atomic E-state index is -0.443. The summed E-state index contributed by atoms with van der Waals surface area (Å²) in [4.78, 5) is 24.2. The molecule has 1 N–H and O–H groups in total. The van der Waals surface area contributed by atoms with Crippen LogP contribution >= 0.6 is 0 Å². The van der Waals surface area contributed by atoms with Gasteiger partial charge in [0.15, 0.2) is 0 Å². The van der Waals surface area contributed by atoms with Crippen molar-refractivity contribution in [1.82, 2.24) is 10.2 Å². The van der Waals surface area contributed by atoms with Gasteiger partial charge in [0.1, 0.15) is 0 Å². The second-order valence-corrected chi connectivity index (χ2v) is 5.10. The van der Waals surface area contributed by atoms with E-state index in [4.69, 9.17) is 0 Å². The summed E-state index contributed by atoms with van der Waals surface area (Å²) < 4.78 is 0. The van der Waals surface area contributed by atoms with E-state index in [1.54, 1.807) is 23.1 Å². The van der Waals surface area contributed by atoms with Crippen molar-refractivity contribution < 1.29 is 9.72 Å². The van der Waals surface area contributed by atoms with E-state index in [0.29, 0.717) is 18.2 Å². The lowest BCUT2D eigenvalue weighted by atomic mass is 10.1. The molecule has 1 aliphatic heterocycles. The molecule has 1 aromatic rings. The van der Waals surface area contributed by atoms with Crippen molar-refractivity contribution in [3.63, 3.8) is 0 Å². The highest BCUT2D eigenvalue weighted by Gasteiger charge is 2.20. The van der Waals surface area contributed by atoms with E-state index in [1.165, 1.54) is 18.2 Å². The largest absolute Gasteiger partial charge is 0.338 e. The van der Waals surface area contributed by atoms with Crippen LogP contribution in [0.25, 0.3) is 6.08 Å². The maximum absolute atomic E-state index is 12.1. The summed E-state index contributed by atoms with van der Waals surface area (Å²) in [5.74, 6) is -0.0542. The normalized spacial score (nSPS) is 18.9. The molecule has 21 heavy (non-hydrogen) atoms. The third kappa shape index (κ3) is 4.13. The highest BCUT2D eigenvalue weighted by molar-refractivity contribution is 5.92. The average Bonchev–Trinajstić information content (AvgIpc) is 2.53. The SMILES string of the molecule is CNC1CCCN(C(=O)C=Cc2cccc([N+](=O)[O-])c2)C1. The van der Waals surface area contributed by atoms with Crippen LogP contribution in [0.1, 0.15) is 18.4 Å². The second-order valence-electron chi connectivity index (χ2n) is 5.10. The fourth-order valence-electron chi connectivity index (χ4n) is 2.43. The molecule has 0 spiro atoms. The third-order valence-corrected chi connectivity index (χ3v) is 3.64. The van der Waals surface area contributed by atoms with Crippen molar-refractivity contribution in [2.24, 2.45) is 0 Å². The number of nitrogens with zero attached hydrogens (tertiary/aromatic N) is 2. The number of nitro benzene ring substituents is 1. The Morgan fingerprint density at radius 2 is 2.33 bits per heavy atom. The highest BCUT2D eigenvalue weighted by Crippen LogP contribution is 2.15. The maximum atomic E-state index is 12.1. The highest BCUT2D eigenvalue weighted by atomic mass is 16.6. The maximum Gasteiger partial charge on any atom is 0.270 e. The number of carbonyl (C=O) groups is 1. The number of nitrogens with one attached hydrogen (secondary N) is 1. The van der Waals surface area contributed by atoms with E-state index in [9.17, 15) is 14.9 Å². The Balaban J connectivity index is 2.01. The molecule has 1 heterocycles. The number of piperidine rings is 1. The van der Waals surface area contributed by atoms with Crippen LogP contribution in [-0.2, 0) is 4.79 Å². The summed E-state index contributed by atoms with van der Waals surface area (Å²) in [6, 6.07) is 6.58. The number of hydrogen-bond acceptors (Lipinski definition) is 4. The van der Waals surface area contributed by atoms with Crippen molar-refractivity contribution in [3.8, 4) is 0 Å². The molecule has 1 aromatic carbocycles. The summed E-state index contributed by atoms with van der Waals surface area (Å²) in [6.45, 7) is 1.46. The number of non-ortho nitro benzene ring substituents is 1. The predicted octanol–water partition coefficient (Wildman–Crippen LogP) is 1.82. The molecule has 1 saturated heterocycles. The molecule has 6 heteroatoms. The van der Waals surface area contributed by atoms with Crippen molar-refractivity contribution in [3.05, 3.63) is 46.0 Å². The Hall–Kier alpha value is -2.21. The molecule has 2 rings (SSSR count). The number of rotatable bonds is 4. The molecule has 0 aromatic heterocycles. The summed E-state index contributed by atoms with van der Waals surface area (Å²) in [7, 11) is 1.90. The van der Waals surface area contributed by atoms with Crippen LogP contribution in [0.2, 0.25) is 0 Å². The van der Waals surface area contributed by atoms with E-state index in [2.05, 4.69) is 5.32 Å². The topological polar surface area (TPSA) is 75.5 Å². The Labute approximate surface area is 123 Å². The number of amides is 1. The molecular weight excluding hydrogens is 270 g/mol. The molecule has 1 amide bonds. The zero-order valence-corrected chi connectivity index (χ0v) is 12.0. The summed E-state index contributed by atoms with van der Waals surface area (Å²) in [5, 5.41) is 13.9. The van der Waals surface area contributed by atoms with Crippen LogP contribution in [0, 0.1) is 10.1 Å². The molecule has 1 fully saturated rings. The fraction of sp³-hybridized carbons (Fsp3) is 0.400. The Bertz CT molecular complexity index is 557. The van der Waals surface area contributed by atoms with Crippen LogP contribution < -0.4 is 5.32 Å². The number of benzene rings is 1. The van der Waals surface area contributed by atoms with Crippen molar-refractivity contribution >= 4 is 17.7 Å². The van der Waals surface area contributed by atoms with E-state index in [-0.39, 0.29) is 11.6 Å². The van der Waals surface area contributed by atoms with E-state index < -0.39 is 4.92 Å². The van der Waals surface area contributed by atoms with Gasteiger partial charge in [0.05, 0.1) is 4.92 Å². The molecule has 6 nitrogen and oxygen atoms in total. The monoisotopic (exact) mass is 289 g/mol. The summed E-state index contributed by atoms with van der Waals surface area (Å²) in [6.07, 6.45) is 5.17. The van der Waals surface area contributed by atoms with Crippen molar-refractivity contribution in [2.75, 3.05) is 20.1 Å². The third-order valence-electron chi connectivity index (χ3n) is 3.64. The van der Waals surface area contributed by atoms with Crippen molar-refractivity contribution in [1.29, 1.82) is 0 Å². The van der Waals surface area contributed by atoms with Gasteiger partial charge in [-0.1, -0.05) is 12.1 Å². The average molecular weight is 289 g/mol. The zero-order chi connectivity index (χ0) is 15.2. The van der Waals surface area contributed by atoms with Gasteiger partial charge in [-0.3, -0.25) is 14.9 Å². The van der Waals surface area contributed by atoms with Crippen LogP contribution in [-0.4, -0.2) is 41.9 Å². The van der Waals surface area contributed by atoms with E-state index >= 15 is 0 Å². The van der Waals surface area contributed by atoms with Crippen molar-refractivity contribution in [2.45, 2.75) is 18.9 Å². The molecule has 1 atom stereocenters. The molecule has 0 bridgehead atoms. The van der Waals surface area contributed by atoms with Gasteiger partial charge in [0, 0.05) is 37.3 Å². The Kier molecular flexibility index (Phi) is 5.05. The van der Waals surface area contributed by atoms with Gasteiger partial charge in [-0.2, -0.15) is 0 Å². The van der Waals surface area contributed by atoms with Gasteiger partial charge in [0.2, 0.25) is 5.91 Å². The zero-order valence-electron chi connectivity index (χ0n) is 12.0. The number of likely N-dealkylation sites (tertiary alicyclic amines) is 1. The first-order valence-electron chi connectivity index (χ1n) is 6.99. The number of nitro groups is 1. The lowest BCUT2D eigenvalue weighted by molar-refractivity contribution is -0.384. The van der Waals surface area contributed by atoms with Gasteiger partial charge in [-0.15, -0.1) is 0 Å². The van der Waals surface area contributed by atoms with Gasteiger partial charge < -0.3 is 10.2 Å². The first-order chi connectivity index (χ1) is 10.1. The smallest absolute Gasteiger partial charge is 0.270 e. The second kappa shape index (κ2) is 6.99. The van der Waals surface area contributed by atoms with Crippen LogP contribution in [0.5, 0.6) is 0 Å². The Morgan fingerprint density at radius 1 is 1.52 bits per heavy atom. The van der Waals surface area contributed by atoms with Gasteiger partial charge in [-0.05, 0) is 31.5 Å². The van der Waals surface area contributed by atoms with Gasteiger partial charge in [-0.25, -0.2) is 0 Å². The molecular formula is C15H19N3O3. The quantitative estimate of drug-likeness (QED) is 0.521. The summed E-state index contributed by atoms with van der Waals surface area (Å²) >= 11 is 0. The molecule has 0 radical (unpaired) electrons. The predicted molar refractivity (Wildman–Crippen MR) is 80.8 cm³/mol. The lowest BCUT2D eigenvalue weighted by Crippen LogP contribution is -2.46. The lowest BCUT2D eigenvalue weighted by Gasteiger charge is -2.31. The molecule has 112 valence electrons. The Morgan fingerprint density at radius 3 is 3.05 bits per heavy atom. The molecule has 1 unspecified atom stereocenters. The first-order valence-corrected chi connectivity index (χ1v) is 6.99. The number of carbonyl (C=O) groups excluding carboxylic acids is 1. The van der Waals surface area contributed by atoms with E-state index in [1.807, 2.05) is 7.05 Å². The van der Waals surface area contributed by atoms with Gasteiger partial charge >= 0.3 is 0 Å². The fourth-order valence-corrected chi connectivity index (χ4v) is 2.43. The van der Waals surface area contributed by atoms with Crippen LogP contribution in [0.15, 0.2) is 30.3 Å². The number of likely N-dealkylation sites (N-methyl/N-ethyl adjacent to an activating group) is 1. The number of hydrogen-bond donors (Lipinski definition) is 1. The van der Waals surface area contributed by atoms with E-state index in [0.717, 1.165) is 19.4 Å². The molecule has 1 aliphatic rings. The minimum Gasteiger partial charge on any atom is -0.338 e. The first kappa shape index (κ1) is 15.2. The summed E-state index contributed by atoms with van der Waals surface area (Å²) in [5.41, 5.74) is 0.678. The minimum absolute atomic E-state index is 0.0258. The van der Waals surface area contributed by atoms with Crippen LogP contribution in [0.4, 0.5) is 5.69 Å².